The second-order valence-corrected chi connectivity index (χ2v) is 7.00. The van der Waals surface area contributed by atoms with Crippen LogP contribution in [0.4, 0.5) is 17.5 Å². The summed E-state index contributed by atoms with van der Waals surface area (Å²) in [5.74, 6) is 1.91. The number of non-ortho nitro benzene ring substituents is 1. The van der Waals surface area contributed by atoms with Crippen molar-refractivity contribution in [1.29, 1.82) is 0 Å². The molecule has 1 aromatic carbocycles. The molecule has 1 aliphatic rings. The maximum Gasteiger partial charge on any atom is 0.270 e. The number of nitro groups is 1. The van der Waals surface area contributed by atoms with Crippen LogP contribution in [0.5, 0.6) is 0 Å². The summed E-state index contributed by atoms with van der Waals surface area (Å²) < 4.78 is 0. The van der Waals surface area contributed by atoms with Gasteiger partial charge in [0.25, 0.3) is 5.69 Å². The molecule has 9 nitrogen and oxygen atoms in total. The van der Waals surface area contributed by atoms with Crippen LogP contribution in [0.2, 0.25) is 0 Å². The molecule has 0 saturated carbocycles. The van der Waals surface area contributed by atoms with Gasteiger partial charge in [0.2, 0.25) is 5.95 Å². The summed E-state index contributed by atoms with van der Waals surface area (Å²) in [7, 11) is 0. The Balaban J connectivity index is 1.53. The van der Waals surface area contributed by atoms with Gasteiger partial charge in [-0.05, 0) is 25.8 Å². The van der Waals surface area contributed by atoms with E-state index in [0.29, 0.717) is 17.2 Å². The van der Waals surface area contributed by atoms with Crippen LogP contribution in [0.25, 0.3) is 11.4 Å². The number of rotatable bonds is 5. The fourth-order valence-corrected chi connectivity index (χ4v) is 3.47. The fourth-order valence-electron chi connectivity index (χ4n) is 3.47. The van der Waals surface area contributed by atoms with Gasteiger partial charge < -0.3 is 10.2 Å². The second-order valence-electron chi connectivity index (χ2n) is 7.00. The van der Waals surface area contributed by atoms with Crippen molar-refractivity contribution in [2.24, 2.45) is 0 Å². The molecule has 0 radical (unpaired) electrons. The Labute approximate surface area is 168 Å². The van der Waals surface area contributed by atoms with Crippen molar-refractivity contribution in [2.75, 3.05) is 23.3 Å². The van der Waals surface area contributed by atoms with Gasteiger partial charge in [-0.2, -0.15) is 0 Å². The molecule has 1 N–H and O–H groups in total. The van der Waals surface area contributed by atoms with Gasteiger partial charge >= 0.3 is 0 Å². The Morgan fingerprint density at radius 2 is 2.00 bits per heavy atom. The maximum absolute atomic E-state index is 11.1. The Kier molecular flexibility index (Phi) is 5.28. The monoisotopic (exact) mass is 391 g/mol. The minimum Gasteiger partial charge on any atom is -0.365 e. The molecule has 0 aliphatic carbocycles. The minimum absolute atomic E-state index is 0.0212. The number of hydrogen-bond donors (Lipinski definition) is 1. The number of nitrogens with zero attached hydrogens (tertiary/aromatic N) is 6. The van der Waals surface area contributed by atoms with Gasteiger partial charge in [0.05, 0.1) is 4.92 Å². The van der Waals surface area contributed by atoms with Crippen molar-refractivity contribution >= 4 is 17.5 Å². The highest BCUT2D eigenvalue weighted by Gasteiger charge is 2.22. The van der Waals surface area contributed by atoms with Gasteiger partial charge in [-0.3, -0.25) is 10.1 Å². The lowest BCUT2D eigenvalue weighted by atomic mass is 10.1. The number of nitro benzene ring substituents is 1. The standard InChI is InChI=1S/C20H21N7O2/c1-14-11-18(25-19(23-14)15-5-2-7-17(12-15)27(28)29)24-16-6-3-10-26(13-16)20-21-8-4-9-22-20/h2,4-5,7-9,11-12,16H,3,6,10,13H2,1H3,(H,23,24,25)/t16-/m1/s1. The van der Waals surface area contributed by atoms with E-state index in [-0.39, 0.29) is 11.7 Å². The average Bonchev–Trinajstić information content (AvgIpc) is 2.74. The first kappa shape index (κ1) is 18.7. The van der Waals surface area contributed by atoms with Crippen molar-refractivity contribution in [2.45, 2.75) is 25.8 Å². The summed E-state index contributed by atoms with van der Waals surface area (Å²) in [6.07, 6.45) is 5.53. The molecule has 3 aromatic rings. The highest BCUT2D eigenvalue weighted by Crippen LogP contribution is 2.24. The molecular weight excluding hydrogens is 370 g/mol. The Hall–Kier alpha value is -3.62. The number of nitrogens with one attached hydrogen (secondary N) is 1. The third kappa shape index (κ3) is 4.45. The highest BCUT2D eigenvalue weighted by molar-refractivity contribution is 5.61. The summed E-state index contributed by atoms with van der Waals surface area (Å²) in [4.78, 5) is 30.6. The lowest BCUT2D eigenvalue weighted by molar-refractivity contribution is -0.384. The fraction of sp³-hybridized carbons (Fsp3) is 0.300. The first-order valence-electron chi connectivity index (χ1n) is 9.47. The first-order valence-corrected chi connectivity index (χ1v) is 9.47. The van der Waals surface area contributed by atoms with Crippen molar-refractivity contribution in [3.8, 4) is 11.4 Å². The maximum atomic E-state index is 11.1. The molecule has 29 heavy (non-hydrogen) atoms. The molecule has 9 heteroatoms. The number of aryl methyl sites for hydroxylation is 1. The zero-order valence-electron chi connectivity index (χ0n) is 16.0. The lowest BCUT2D eigenvalue weighted by Crippen LogP contribution is -2.43. The quantitative estimate of drug-likeness (QED) is 0.521. The Morgan fingerprint density at radius 1 is 1.17 bits per heavy atom. The molecule has 0 amide bonds. The van der Waals surface area contributed by atoms with Gasteiger partial charge in [0.15, 0.2) is 5.82 Å². The van der Waals surface area contributed by atoms with E-state index in [2.05, 4.69) is 30.2 Å². The van der Waals surface area contributed by atoms with Gasteiger partial charge in [-0.25, -0.2) is 19.9 Å². The van der Waals surface area contributed by atoms with E-state index in [1.807, 2.05) is 19.1 Å². The summed E-state index contributed by atoms with van der Waals surface area (Å²) >= 11 is 0. The zero-order chi connectivity index (χ0) is 20.2. The van der Waals surface area contributed by atoms with E-state index < -0.39 is 4.92 Å². The molecule has 1 fully saturated rings. The first-order chi connectivity index (χ1) is 14.1. The number of benzene rings is 1. The Bertz CT molecular complexity index is 1010. The van der Waals surface area contributed by atoms with Crippen LogP contribution in [-0.4, -0.2) is 44.0 Å². The van der Waals surface area contributed by atoms with Crippen LogP contribution >= 0.6 is 0 Å². The van der Waals surface area contributed by atoms with Crippen molar-refractivity contribution in [3.05, 3.63) is 64.6 Å². The molecule has 1 atom stereocenters. The molecule has 1 aliphatic heterocycles. The van der Waals surface area contributed by atoms with E-state index in [1.165, 1.54) is 12.1 Å². The van der Waals surface area contributed by atoms with Crippen molar-refractivity contribution < 1.29 is 4.92 Å². The van der Waals surface area contributed by atoms with Gasteiger partial charge in [-0.1, -0.05) is 12.1 Å². The molecule has 3 heterocycles. The van der Waals surface area contributed by atoms with E-state index >= 15 is 0 Å². The highest BCUT2D eigenvalue weighted by atomic mass is 16.6. The number of anilines is 2. The summed E-state index contributed by atoms with van der Waals surface area (Å²) in [6, 6.07) is 10.3. The third-order valence-electron chi connectivity index (χ3n) is 4.78. The van der Waals surface area contributed by atoms with Gasteiger partial charge in [0, 0.05) is 61.0 Å². The normalized spacial score (nSPS) is 16.4. The van der Waals surface area contributed by atoms with Crippen molar-refractivity contribution in [1.82, 2.24) is 19.9 Å². The van der Waals surface area contributed by atoms with Gasteiger partial charge in [0.1, 0.15) is 5.82 Å². The van der Waals surface area contributed by atoms with E-state index in [9.17, 15) is 10.1 Å². The topological polar surface area (TPSA) is 110 Å². The molecule has 0 unspecified atom stereocenters. The predicted molar refractivity (Wildman–Crippen MR) is 110 cm³/mol. The Morgan fingerprint density at radius 3 is 2.79 bits per heavy atom. The number of piperidine rings is 1. The van der Waals surface area contributed by atoms with E-state index in [4.69, 9.17) is 0 Å². The second kappa shape index (κ2) is 8.17. The molecule has 148 valence electrons. The number of hydrogen-bond acceptors (Lipinski definition) is 8. The molecule has 4 rings (SSSR count). The summed E-state index contributed by atoms with van der Waals surface area (Å²) in [5, 5.41) is 14.6. The third-order valence-corrected chi connectivity index (χ3v) is 4.78. The van der Waals surface area contributed by atoms with E-state index in [1.54, 1.807) is 24.5 Å². The largest absolute Gasteiger partial charge is 0.365 e. The molecular formula is C20H21N7O2. The van der Waals surface area contributed by atoms with Crippen LogP contribution < -0.4 is 10.2 Å². The van der Waals surface area contributed by atoms with Crippen LogP contribution in [-0.2, 0) is 0 Å². The SMILES string of the molecule is Cc1cc(N[C@@H]2CCCN(c3ncccn3)C2)nc(-c2cccc([N+](=O)[O-])c2)n1. The molecule has 0 spiro atoms. The van der Waals surface area contributed by atoms with Crippen LogP contribution in [0.15, 0.2) is 48.8 Å². The summed E-state index contributed by atoms with van der Waals surface area (Å²) in [6.45, 7) is 3.59. The van der Waals surface area contributed by atoms with Crippen molar-refractivity contribution in [3.63, 3.8) is 0 Å². The van der Waals surface area contributed by atoms with E-state index in [0.717, 1.165) is 37.6 Å². The molecule has 2 aromatic heterocycles. The minimum atomic E-state index is -0.416. The summed E-state index contributed by atoms with van der Waals surface area (Å²) in [5.41, 5.74) is 1.44. The predicted octanol–water partition coefficient (Wildman–Crippen LogP) is 3.23. The number of aromatic nitrogens is 4. The van der Waals surface area contributed by atoms with Crippen LogP contribution in [0.3, 0.4) is 0 Å². The smallest absolute Gasteiger partial charge is 0.270 e. The zero-order valence-corrected chi connectivity index (χ0v) is 16.0. The molecule has 0 bridgehead atoms. The van der Waals surface area contributed by atoms with Gasteiger partial charge in [-0.15, -0.1) is 0 Å². The lowest BCUT2D eigenvalue weighted by Gasteiger charge is -2.33. The average molecular weight is 391 g/mol. The van der Waals surface area contributed by atoms with Crippen LogP contribution in [0.1, 0.15) is 18.5 Å². The molecule has 1 saturated heterocycles. The van der Waals surface area contributed by atoms with Crippen LogP contribution in [0, 0.1) is 17.0 Å².